The van der Waals surface area contributed by atoms with Crippen LogP contribution in [0.2, 0.25) is 0 Å². The number of amides is 2. The third kappa shape index (κ3) is 8.85. The number of halogens is 1. The van der Waals surface area contributed by atoms with Crippen LogP contribution in [0.3, 0.4) is 0 Å². The van der Waals surface area contributed by atoms with Crippen LogP contribution in [0.25, 0.3) is 11.1 Å². The number of ketones is 2. The van der Waals surface area contributed by atoms with Gasteiger partial charge in [-0.1, -0.05) is 36.4 Å². The first-order valence-electron chi connectivity index (χ1n) is 22.4. The van der Waals surface area contributed by atoms with Gasteiger partial charge in [0.25, 0.3) is 5.91 Å². The number of likely N-dealkylation sites (N-methyl/N-ethyl adjacent to an activating group) is 1. The Morgan fingerprint density at radius 1 is 0.833 bits per heavy atom. The lowest BCUT2D eigenvalue weighted by atomic mass is 9.74. The number of carbonyl (C=O) groups is 5. The molecule has 10 N–H and O–H groups in total. The molecule has 0 spiro atoms. The van der Waals surface area contributed by atoms with E-state index in [1.165, 1.54) is 34.1 Å². The molecule has 0 bridgehead atoms. The van der Waals surface area contributed by atoms with E-state index in [-0.39, 0.29) is 29.0 Å². The number of aromatic hydroxyl groups is 3. The van der Waals surface area contributed by atoms with Crippen molar-refractivity contribution < 1.29 is 103 Å². The quantitative estimate of drug-likeness (QED) is 0.0851. The highest BCUT2D eigenvalue weighted by Gasteiger charge is 2.54. The van der Waals surface area contributed by atoms with E-state index in [1.54, 1.807) is 30.3 Å². The minimum absolute atomic E-state index is 0.0232. The van der Waals surface area contributed by atoms with Crippen molar-refractivity contribution in [2.45, 2.75) is 107 Å². The number of nitrogens with one attached hydrogen (secondary N) is 1. The minimum atomic E-state index is -2.51. The summed E-state index contributed by atoms with van der Waals surface area (Å²) in [4.78, 5) is 68.6. The highest BCUT2D eigenvalue weighted by atomic mass is 19.1. The Morgan fingerprint density at radius 2 is 1.49 bits per heavy atom. The molecule has 384 valence electrons. The summed E-state index contributed by atoms with van der Waals surface area (Å²) in [5.41, 5.74) is -3.55. The van der Waals surface area contributed by atoms with Gasteiger partial charge in [-0.05, 0) is 55.2 Å². The van der Waals surface area contributed by atoms with Crippen molar-refractivity contribution in [3.8, 4) is 34.1 Å². The zero-order valence-electron chi connectivity index (χ0n) is 39.0. The maximum absolute atomic E-state index is 15.8. The van der Waals surface area contributed by atoms with E-state index in [0.29, 0.717) is 5.56 Å². The summed E-state index contributed by atoms with van der Waals surface area (Å²) in [6.45, 7) is 2.78. The average Bonchev–Trinajstić information content (AvgIpc) is 3.34. The van der Waals surface area contributed by atoms with Crippen LogP contribution in [0.1, 0.15) is 90.5 Å². The molecule has 4 aromatic rings. The number of methoxy groups -OCH3 is 1. The molecular formula is C49H51FN2O20. The van der Waals surface area contributed by atoms with Crippen LogP contribution in [-0.2, 0) is 35.1 Å². The highest BCUT2D eigenvalue weighted by Crippen LogP contribution is 2.57. The number of carbonyl (C=O) groups excluding carboxylic acids is 4. The Bertz CT molecular complexity index is 2830. The fourth-order valence-electron chi connectivity index (χ4n) is 9.61. The Morgan fingerprint density at radius 3 is 2.14 bits per heavy atom. The molecule has 13 atom stereocenters. The van der Waals surface area contributed by atoms with Crippen LogP contribution in [0.4, 0.5) is 9.18 Å². The second-order valence-corrected chi connectivity index (χ2v) is 17.8. The van der Waals surface area contributed by atoms with Crippen molar-refractivity contribution in [3.63, 3.8) is 0 Å². The number of aryl methyl sites for hydroxylation is 1. The van der Waals surface area contributed by atoms with Crippen molar-refractivity contribution in [1.29, 1.82) is 0 Å². The first-order chi connectivity index (χ1) is 34.1. The van der Waals surface area contributed by atoms with Gasteiger partial charge in [-0.15, -0.1) is 0 Å². The summed E-state index contributed by atoms with van der Waals surface area (Å²) in [7, 11) is 2.50. The van der Waals surface area contributed by atoms with Gasteiger partial charge in [0.15, 0.2) is 30.3 Å². The number of fused-ring (bicyclic) bond motifs is 5. The molecule has 22 nitrogen and oxygen atoms in total. The summed E-state index contributed by atoms with van der Waals surface area (Å²) >= 11 is 0. The minimum Gasteiger partial charge on any atom is -0.507 e. The summed E-state index contributed by atoms with van der Waals surface area (Å²) in [5.74, 6) is -7.10. The van der Waals surface area contributed by atoms with E-state index in [2.05, 4.69) is 5.32 Å². The zero-order valence-corrected chi connectivity index (χ0v) is 39.0. The second kappa shape index (κ2) is 20.0. The van der Waals surface area contributed by atoms with Crippen molar-refractivity contribution in [3.05, 3.63) is 105 Å². The summed E-state index contributed by atoms with van der Waals surface area (Å²) in [6.07, 6.45) is -22.4. The largest absolute Gasteiger partial charge is 0.507 e. The standard InChI is InChI=1S/C49H51FN2O20/c1-17-11-25-31(39(59)28(17)45(63)51-18(2)46(64)65)30-23(14-24-32(40(30)60)36(56)22-12-21(67-5)13-26(54)29(22)35(24)55)37(57)43(25)71-48-42(62)44(72-47-33(50)41(61)38(58)27(15-53)70-47)34(19(3)69-48)52(4)49(66)68-16-20-9-7-6-8-10-20/h6-14,18-19,27,33-34,37-38,41-44,47-48,53-54,57-62H,15-16H2,1-5H3,(H,51,63)(H,64,65)/t18-,19-,27-,33-,34+,37+,38-,41-,42-,43+,44+,47+,48+/m1/s1. The SMILES string of the molecule is COc1cc(O)c2c(c1)C(=O)c1c(cc3c(c1O)-c1c(cc(C)c(C(=O)N[C@H](C)C(=O)O)c1O)[C@H](O[C@@H]1O[C@H](C)[C@H](N(C)C(=O)OCc4ccccc4)[C@H](O[C@@H]4O[C@H](CO)[C@@H](O)[C@H](O)[C@H]4F)[C@H]1O)[C@H]3O)C2=O. The summed E-state index contributed by atoms with van der Waals surface area (Å²) < 4.78 is 50.6. The van der Waals surface area contributed by atoms with E-state index in [9.17, 15) is 69.9 Å². The van der Waals surface area contributed by atoms with Crippen molar-refractivity contribution in [2.75, 3.05) is 20.8 Å². The van der Waals surface area contributed by atoms with E-state index >= 15 is 4.39 Å². The number of rotatable bonds is 12. The van der Waals surface area contributed by atoms with Crippen LogP contribution in [0.15, 0.2) is 54.6 Å². The number of hydrogen-bond donors (Lipinski definition) is 10. The number of nitrogens with zero attached hydrogens (tertiary/aromatic N) is 1. The van der Waals surface area contributed by atoms with Crippen molar-refractivity contribution in [1.82, 2.24) is 10.2 Å². The van der Waals surface area contributed by atoms with Crippen molar-refractivity contribution in [2.24, 2.45) is 0 Å². The van der Waals surface area contributed by atoms with Gasteiger partial charge in [-0.2, -0.15) is 0 Å². The van der Waals surface area contributed by atoms with E-state index in [4.69, 9.17) is 28.4 Å². The summed E-state index contributed by atoms with van der Waals surface area (Å²) in [5, 5.41) is 103. The number of phenols is 3. The predicted molar refractivity (Wildman–Crippen MR) is 241 cm³/mol. The van der Waals surface area contributed by atoms with E-state index in [1.807, 2.05) is 0 Å². The molecular weight excluding hydrogens is 956 g/mol. The van der Waals surface area contributed by atoms with Gasteiger partial charge < -0.3 is 84.6 Å². The van der Waals surface area contributed by atoms with E-state index in [0.717, 1.165) is 30.0 Å². The topological polar surface area (TPSA) is 338 Å². The number of carboxylic acid groups (broad SMARTS) is 1. The Kier molecular flexibility index (Phi) is 14.3. The van der Waals surface area contributed by atoms with Gasteiger partial charge in [0, 0.05) is 35.4 Å². The zero-order chi connectivity index (χ0) is 52.4. The number of aliphatic hydroxyl groups excluding tert-OH is 5. The molecule has 2 aliphatic heterocycles. The molecule has 0 radical (unpaired) electrons. The molecule has 0 saturated carbocycles. The number of benzene rings is 4. The van der Waals surface area contributed by atoms with Gasteiger partial charge in [0.2, 0.25) is 0 Å². The van der Waals surface area contributed by atoms with Gasteiger partial charge in [0.05, 0.1) is 42.6 Å². The van der Waals surface area contributed by atoms with Gasteiger partial charge in [-0.3, -0.25) is 19.2 Å². The van der Waals surface area contributed by atoms with Crippen LogP contribution in [0, 0.1) is 6.92 Å². The lowest BCUT2D eigenvalue weighted by Crippen LogP contribution is -2.67. The molecule has 2 heterocycles. The number of carboxylic acids is 1. The second-order valence-electron chi connectivity index (χ2n) is 17.8. The fourth-order valence-corrected chi connectivity index (χ4v) is 9.61. The number of ether oxygens (including phenoxy) is 6. The van der Waals surface area contributed by atoms with Gasteiger partial charge in [-0.25, -0.2) is 9.18 Å². The maximum Gasteiger partial charge on any atom is 0.410 e. The fraction of sp³-hybridized carbons (Fsp3) is 0.408. The molecule has 0 aromatic heterocycles. The Hall–Kier alpha value is -6.80. The van der Waals surface area contributed by atoms with Crippen LogP contribution < -0.4 is 10.1 Å². The number of phenolic OH excluding ortho intramolecular Hbond substituents is 3. The van der Waals surface area contributed by atoms with Gasteiger partial charge in [0.1, 0.15) is 78.4 Å². The number of alkyl halides is 1. The monoisotopic (exact) mass is 1010 g/mol. The predicted octanol–water partition coefficient (Wildman–Crippen LogP) is 1.78. The molecule has 2 aliphatic carbocycles. The number of hydrogen-bond acceptors (Lipinski definition) is 19. The molecule has 72 heavy (non-hydrogen) atoms. The summed E-state index contributed by atoms with van der Waals surface area (Å²) in [6, 6.07) is 10.1. The van der Waals surface area contributed by atoms with Gasteiger partial charge >= 0.3 is 12.1 Å². The lowest BCUT2D eigenvalue weighted by molar-refractivity contribution is -0.349. The molecule has 2 amide bonds. The van der Waals surface area contributed by atoms with Crippen molar-refractivity contribution >= 4 is 29.5 Å². The normalized spacial score (nSPS) is 27.9. The molecule has 0 unspecified atom stereocenters. The lowest BCUT2D eigenvalue weighted by Gasteiger charge is -2.49. The smallest absolute Gasteiger partial charge is 0.410 e. The number of aliphatic carboxylic acids is 1. The first kappa shape index (κ1) is 51.6. The first-order valence-corrected chi connectivity index (χ1v) is 22.4. The molecule has 2 saturated heterocycles. The van der Waals surface area contributed by atoms with Crippen LogP contribution in [0.5, 0.6) is 23.0 Å². The molecule has 4 aromatic carbocycles. The average molecular weight is 1010 g/mol. The third-order valence-electron chi connectivity index (χ3n) is 13.3. The number of aliphatic hydroxyl groups is 5. The third-order valence-corrected chi connectivity index (χ3v) is 13.3. The molecule has 4 aliphatic rings. The van der Waals surface area contributed by atoms with E-state index < -0.39 is 172 Å². The highest BCUT2D eigenvalue weighted by molar-refractivity contribution is 6.31. The van der Waals surface area contributed by atoms with Crippen LogP contribution >= 0.6 is 0 Å². The molecule has 8 rings (SSSR count). The Balaban J connectivity index is 1.23. The van der Waals surface area contributed by atoms with Crippen LogP contribution in [-0.4, -0.2) is 169 Å². The Labute approximate surface area is 408 Å². The molecule has 23 heteroatoms. The maximum atomic E-state index is 15.8. The molecule has 2 fully saturated rings.